The molecule has 0 bridgehead atoms. The van der Waals surface area contributed by atoms with E-state index < -0.39 is 23.6 Å². The number of hydrogen-bond donors (Lipinski definition) is 2. The van der Waals surface area contributed by atoms with Crippen LogP contribution >= 0.6 is 11.6 Å². The van der Waals surface area contributed by atoms with Gasteiger partial charge in [-0.05, 0) is 30.3 Å². The molecule has 0 atom stereocenters. The number of nitrogens with two attached hydrogens (primary N) is 1. The highest BCUT2D eigenvalue weighted by molar-refractivity contribution is 6.30. The van der Waals surface area contributed by atoms with Crippen LogP contribution < -0.4 is 11.1 Å². The van der Waals surface area contributed by atoms with Crippen molar-refractivity contribution in [2.24, 2.45) is 5.73 Å². The summed E-state index contributed by atoms with van der Waals surface area (Å²) in [5.74, 6) is -2.11. The molecule has 0 saturated heterocycles. The number of carbonyl (C=O) groups is 2. The van der Waals surface area contributed by atoms with E-state index in [-0.39, 0.29) is 52.9 Å². The molecule has 32 heavy (non-hydrogen) atoms. The van der Waals surface area contributed by atoms with Gasteiger partial charge in [0.05, 0.1) is 30.9 Å². The largest absolute Gasteiger partial charge is 0.365 e. The summed E-state index contributed by atoms with van der Waals surface area (Å²) in [6.07, 6.45) is 0. The van der Waals surface area contributed by atoms with Gasteiger partial charge in [-0.1, -0.05) is 17.7 Å². The SMILES string of the molecule is [C-]#[N+]c1ccc(NC(=O)N2CCn3nc(-c4cc(F)cc(Cl)c4)c(C(N)=O)c3C2)cc1F. The van der Waals surface area contributed by atoms with Crippen molar-refractivity contribution < 1.29 is 18.4 Å². The fourth-order valence-electron chi connectivity index (χ4n) is 3.52. The number of carbonyl (C=O) groups excluding carboxylic acids is 2. The Labute approximate surface area is 186 Å². The van der Waals surface area contributed by atoms with Gasteiger partial charge in [-0.25, -0.2) is 18.4 Å². The standard InChI is InChI=1S/C21H15ClF2N6O2/c1-26-16-3-2-14(9-15(16)24)27-21(32)29-4-5-30-17(10-29)18(20(25)31)19(28-30)11-6-12(22)8-13(23)7-11/h2-3,6-9H,4-5,10H2,(H2,25,31)(H,27,32). The molecule has 0 unspecified atom stereocenters. The van der Waals surface area contributed by atoms with Gasteiger partial charge in [0.15, 0.2) is 0 Å². The molecular formula is C21H15ClF2N6O2. The van der Waals surface area contributed by atoms with Gasteiger partial charge in [-0.15, -0.1) is 0 Å². The average Bonchev–Trinajstić information content (AvgIpc) is 3.12. The molecular weight excluding hydrogens is 442 g/mol. The number of primary amides is 1. The van der Waals surface area contributed by atoms with Crippen LogP contribution in [0.25, 0.3) is 16.1 Å². The van der Waals surface area contributed by atoms with E-state index in [1.807, 2.05) is 0 Å². The van der Waals surface area contributed by atoms with Crippen LogP contribution in [-0.2, 0) is 13.1 Å². The topological polar surface area (TPSA) is 97.6 Å². The normalized spacial score (nSPS) is 12.8. The lowest BCUT2D eigenvalue weighted by molar-refractivity contribution is 0.0997. The molecule has 0 radical (unpaired) electrons. The van der Waals surface area contributed by atoms with E-state index in [2.05, 4.69) is 15.3 Å². The summed E-state index contributed by atoms with van der Waals surface area (Å²) in [6.45, 7) is 7.40. The number of nitrogens with zero attached hydrogens (tertiary/aromatic N) is 4. The molecule has 3 N–H and O–H groups in total. The molecule has 11 heteroatoms. The Morgan fingerprint density at radius 1 is 1.19 bits per heavy atom. The van der Waals surface area contributed by atoms with E-state index in [4.69, 9.17) is 23.9 Å². The van der Waals surface area contributed by atoms with Gasteiger partial charge in [-0.2, -0.15) is 5.10 Å². The maximum absolute atomic E-state index is 13.8. The zero-order chi connectivity index (χ0) is 23.0. The Balaban J connectivity index is 1.62. The number of aromatic nitrogens is 2. The Morgan fingerprint density at radius 2 is 1.97 bits per heavy atom. The Hall–Kier alpha value is -3.97. The van der Waals surface area contributed by atoms with E-state index in [1.165, 1.54) is 29.2 Å². The smallest absolute Gasteiger partial charge is 0.322 e. The van der Waals surface area contributed by atoms with Gasteiger partial charge in [0.2, 0.25) is 5.69 Å². The predicted molar refractivity (Wildman–Crippen MR) is 113 cm³/mol. The van der Waals surface area contributed by atoms with Gasteiger partial charge in [0.1, 0.15) is 17.3 Å². The minimum absolute atomic E-state index is 0.00275. The molecule has 4 rings (SSSR count). The number of fused-ring (bicyclic) bond motifs is 1. The second-order valence-corrected chi connectivity index (χ2v) is 7.48. The summed E-state index contributed by atoms with van der Waals surface area (Å²) in [5.41, 5.74) is 6.54. The van der Waals surface area contributed by atoms with E-state index in [1.54, 1.807) is 4.68 Å². The van der Waals surface area contributed by atoms with Gasteiger partial charge >= 0.3 is 6.03 Å². The monoisotopic (exact) mass is 456 g/mol. The molecule has 3 amide bonds. The van der Waals surface area contributed by atoms with Crippen LogP contribution in [0.3, 0.4) is 0 Å². The Morgan fingerprint density at radius 3 is 2.62 bits per heavy atom. The zero-order valence-electron chi connectivity index (χ0n) is 16.4. The maximum atomic E-state index is 13.8. The molecule has 1 aliphatic rings. The molecule has 0 fully saturated rings. The van der Waals surface area contributed by atoms with E-state index in [0.29, 0.717) is 5.69 Å². The number of benzene rings is 2. The molecule has 1 aromatic heterocycles. The van der Waals surface area contributed by atoms with Gasteiger partial charge in [0, 0.05) is 22.8 Å². The van der Waals surface area contributed by atoms with Gasteiger partial charge in [-0.3, -0.25) is 9.48 Å². The number of anilines is 1. The summed E-state index contributed by atoms with van der Waals surface area (Å²) in [6, 6.07) is 7.01. The van der Waals surface area contributed by atoms with Crippen molar-refractivity contribution >= 4 is 34.9 Å². The second-order valence-electron chi connectivity index (χ2n) is 7.05. The Kier molecular flexibility index (Phi) is 5.50. The van der Waals surface area contributed by atoms with E-state index in [9.17, 15) is 18.4 Å². The third-order valence-corrected chi connectivity index (χ3v) is 5.19. The molecule has 1 aliphatic heterocycles. The van der Waals surface area contributed by atoms with Crippen molar-refractivity contribution in [3.05, 3.63) is 75.7 Å². The highest BCUT2D eigenvalue weighted by Crippen LogP contribution is 2.31. The quantitative estimate of drug-likeness (QED) is 0.578. The number of urea groups is 1. The first-order valence-corrected chi connectivity index (χ1v) is 9.73. The van der Waals surface area contributed by atoms with Crippen molar-refractivity contribution in [3.63, 3.8) is 0 Å². The van der Waals surface area contributed by atoms with Crippen molar-refractivity contribution in [2.75, 3.05) is 11.9 Å². The molecule has 2 aromatic carbocycles. The molecule has 0 aliphatic carbocycles. The molecule has 2 heterocycles. The molecule has 3 aromatic rings. The zero-order valence-corrected chi connectivity index (χ0v) is 17.2. The number of halogens is 3. The van der Waals surface area contributed by atoms with Crippen LogP contribution in [0.1, 0.15) is 16.1 Å². The highest BCUT2D eigenvalue weighted by atomic mass is 35.5. The minimum atomic E-state index is -0.777. The summed E-state index contributed by atoms with van der Waals surface area (Å²) in [5, 5.41) is 7.09. The summed E-state index contributed by atoms with van der Waals surface area (Å²) in [4.78, 5) is 29.4. The fraction of sp³-hybridized carbons (Fsp3) is 0.143. The molecule has 8 nitrogen and oxygen atoms in total. The van der Waals surface area contributed by atoms with Crippen LogP contribution in [0.5, 0.6) is 0 Å². The third-order valence-electron chi connectivity index (χ3n) is 4.97. The van der Waals surface area contributed by atoms with Crippen LogP contribution in [0, 0.1) is 18.2 Å². The lowest BCUT2D eigenvalue weighted by Crippen LogP contribution is -2.41. The lowest BCUT2D eigenvalue weighted by Gasteiger charge is -2.28. The molecule has 0 saturated carbocycles. The lowest BCUT2D eigenvalue weighted by atomic mass is 10.0. The second kappa shape index (κ2) is 8.28. The number of hydrogen-bond acceptors (Lipinski definition) is 3. The van der Waals surface area contributed by atoms with Crippen LogP contribution in [0.4, 0.5) is 25.0 Å². The summed E-state index contributed by atoms with van der Waals surface area (Å²) >= 11 is 5.94. The third kappa shape index (κ3) is 3.98. The van der Waals surface area contributed by atoms with Crippen LogP contribution in [0.2, 0.25) is 5.02 Å². The molecule has 162 valence electrons. The van der Waals surface area contributed by atoms with Crippen LogP contribution in [-0.4, -0.2) is 33.2 Å². The first-order chi connectivity index (χ1) is 15.3. The average molecular weight is 457 g/mol. The van der Waals surface area contributed by atoms with Crippen molar-refractivity contribution in [2.45, 2.75) is 13.1 Å². The van der Waals surface area contributed by atoms with Crippen molar-refractivity contribution in [1.82, 2.24) is 14.7 Å². The number of amides is 3. The molecule has 0 spiro atoms. The fourth-order valence-corrected chi connectivity index (χ4v) is 3.74. The van der Waals surface area contributed by atoms with Gasteiger partial charge in [0.25, 0.3) is 5.91 Å². The number of nitrogens with one attached hydrogen (secondary N) is 1. The summed E-state index contributed by atoms with van der Waals surface area (Å²) < 4.78 is 29.2. The van der Waals surface area contributed by atoms with E-state index >= 15 is 0 Å². The van der Waals surface area contributed by atoms with Crippen LogP contribution in [0.15, 0.2) is 36.4 Å². The predicted octanol–water partition coefficient (Wildman–Crippen LogP) is 4.18. The van der Waals surface area contributed by atoms with Crippen molar-refractivity contribution in [1.29, 1.82) is 0 Å². The Bertz CT molecular complexity index is 1280. The number of rotatable bonds is 3. The van der Waals surface area contributed by atoms with Gasteiger partial charge < -0.3 is 16.0 Å². The van der Waals surface area contributed by atoms with E-state index in [0.717, 1.165) is 12.1 Å². The first kappa shape index (κ1) is 21.3. The minimum Gasteiger partial charge on any atom is -0.365 e. The van der Waals surface area contributed by atoms with Crippen molar-refractivity contribution in [3.8, 4) is 11.3 Å². The maximum Gasteiger partial charge on any atom is 0.322 e. The first-order valence-electron chi connectivity index (χ1n) is 9.35. The highest BCUT2D eigenvalue weighted by Gasteiger charge is 2.30. The summed E-state index contributed by atoms with van der Waals surface area (Å²) in [7, 11) is 0.